The molecular weight excluding hydrogens is 403 g/mol. The molecule has 0 N–H and O–H groups in total. The molecule has 1 aliphatic rings. The molecule has 0 atom stereocenters. The van der Waals surface area contributed by atoms with Gasteiger partial charge in [-0.3, -0.25) is 9.69 Å². The lowest BCUT2D eigenvalue weighted by Crippen LogP contribution is -2.31. The van der Waals surface area contributed by atoms with E-state index in [0.717, 1.165) is 10.5 Å². The number of aromatic nitrogens is 2. The van der Waals surface area contributed by atoms with Crippen molar-refractivity contribution in [2.24, 2.45) is 0 Å². The zero-order valence-electron chi connectivity index (χ0n) is 16.4. The maximum atomic E-state index is 14.8. The number of amides is 1. The van der Waals surface area contributed by atoms with Crippen molar-refractivity contribution >= 4 is 17.3 Å². The van der Waals surface area contributed by atoms with Gasteiger partial charge in [0.15, 0.2) is 0 Å². The molecule has 7 heteroatoms. The molecule has 0 spiro atoms. The number of rotatable bonds is 3. The summed E-state index contributed by atoms with van der Waals surface area (Å²) in [6, 6.07) is 18.8. The summed E-state index contributed by atoms with van der Waals surface area (Å²) < 4.78 is 44.5. The molecule has 0 fully saturated rings. The van der Waals surface area contributed by atoms with Gasteiger partial charge in [-0.15, -0.1) is 0 Å². The van der Waals surface area contributed by atoms with Gasteiger partial charge in [-0.1, -0.05) is 35.9 Å². The van der Waals surface area contributed by atoms with Crippen molar-refractivity contribution in [2.75, 3.05) is 4.90 Å². The number of carbonyl (C=O) groups excluding carboxylic acids is 1. The highest BCUT2D eigenvalue weighted by Crippen LogP contribution is 2.49. The van der Waals surface area contributed by atoms with Crippen molar-refractivity contribution < 1.29 is 18.0 Å². The molecule has 1 aromatic heterocycles. The average molecular weight is 419 g/mol. The number of hydrogen-bond acceptors (Lipinski definition) is 2. The number of anilines is 2. The molecule has 2 heterocycles. The fourth-order valence-corrected chi connectivity index (χ4v) is 3.71. The summed E-state index contributed by atoms with van der Waals surface area (Å²) in [6.45, 7) is 1.95. The van der Waals surface area contributed by atoms with Crippen LogP contribution in [0.5, 0.6) is 0 Å². The number of nitrogens with zero attached hydrogens (tertiary/aromatic N) is 3. The van der Waals surface area contributed by atoms with Crippen molar-refractivity contribution in [3.63, 3.8) is 0 Å². The molecule has 1 aliphatic heterocycles. The van der Waals surface area contributed by atoms with Crippen LogP contribution in [-0.2, 0) is 10.7 Å². The maximum absolute atomic E-state index is 14.8. The van der Waals surface area contributed by atoms with Gasteiger partial charge in [0.2, 0.25) is 0 Å². The SMILES string of the molecule is Cc1ccc(-n2cc(N3C(=O)C(F)(F)c4ccccc43)c(-c3ccc(F)cc3)n2)cc1. The fourth-order valence-electron chi connectivity index (χ4n) is 3.71. The van der Waals surface area contributed by atoms with Crippen LogP contribution in [-0.4, -0.2) is 15.7 Å². The van der Waals surface area contributed by atoms with E-state index in [2.05, 4.69) is 5.10 Å². The van der Waals surface area contributed by atoms with Gasteiger partial charge in [-0.25, -0.2) is 9.07 Å². The van der Waals surface area contributed by atoms with Crippen molar-refractivity contribution in [1.29, 1.82) is 0 Å². The predicted octanol–water partition coefficient (Wildman–Crippen LogP) is 5.76. The molecule has 0 aliphatic carbocycles. The Morgan fingerprint density at radius 3 is 2.26 bits per heavy atom. The van der Waals surface area contributed by atoms with Crippen molar-refractivity contribution in [3.8, 4) is 16.9 Å². The van der Waals surface area contributed by atoms with Crippen LogP contribution >= 0.6 is 0 Å². The van der Waals surface area contributed by atoms with E-state index in [1.807, 2.05) is 31.2 Å². The number of aryl methyl sites for hydroxylation is 1. The molecule has 0 radical (unpaired) electrons. The summed E-state index contributed by atoms with van der Waals surface area (Å²) in [4.78, 5) is 13.8. The molecule has 1 amide bonds. The highest BCUT2D eigenvalue weighted by Gasteiger charge is 2.54. The quantitative estimate of drug-likeness (QED) is 0.424. The van der Waals surface area contributed by atoms with Gasteiger partial charge in [0.1, 0.15) is 11.5 Å². The third-order valence-electron chi connectivity index (χ3n) is 5.31. The number of fused-ring (bicyclic) bond motifs is 1. The van der Waals surface area contributed by atoms with Crippen LogP contribution < -0.4 is 4.90 Å². The predicted molar refractivity (Wildman–Crippen MR) is 111 cm³/mol. The molecule has 31 heavy (non-hydrogen) atoms. The largest absolute Gasteiger partial charge is 0.352 e. The number of benzene rings is 3. The van der Waals surface area contributed by atoms with Gasteiger partial charge in [-0.05, 0) is 49.4 Å². The van der Waals surface area contributed by atoms with Crippen LogP contribution in [0, 0.1) is 12.7 Å². The Hall–Kier alpha value is -3.87. The molecular formula is C24H16F3N3O. The first kappa shape index (κ1) is 19.1. The average Bonchev–Trinajstić information content (AvgIpc) is 3.27. The second kappa shape index (κ2) is 6.84. The zero-order valence-corrected chi connectivity index (χ0v) is 16.4. The van der Waals surface area contributed by atoms with Crippen LogP contribution in [0.2, 0.25) is 0 Å². The highest BCUT2D eigenvalue weighted by atomic mass is 19.3. The summed E-state index contributed by atoms with van der Waals surface area (Å²) in [6.07, 6.45) is 1.54. The van der Waals surface area contributed by atoms with Crippen LogP contribution in [0.15, 0.2) is 79.0 Å². The lowest BCUT2D eigenvalue weighted by atomic mass is 10.1. The van der Waals surface area contributed by atoms with E-state index in [1.165, 1.54) is 47.1 Å². The number of para-hydroxylation sites is 1. The normalized spacial score (nSPS) is 14.7. The molecule has 154 valence electrons. The second-order valence-corrected chi connectivity index (χ2v) is 7.38. The van der Waals surface area contributed by atoms with E-state index in [0.29, 0.717) is 16.9 Å². The summed E-state index contributed by atoms with van der Waals surface area (Å²) in [5, 5.41) is 4.57. The van der Waals surface area contributed by atoms with E-state index >= 15 is 0 Å². The first-order chi connectivity index (χ1) is 14.9. The van der Waals surface area contributed by atoms with Crippen LogP contribution in [0.4, 0.5) is 24.5 Å². The minimum atomic E-state index is -3.65. The molecule has 0 bridgehead atoms. The van der Waals surface area contributed by atoms with E-state index in [4.69, 9.17) is 0 Å². The lowest BCUT2D eigenvalue weighted by Gasteiger charge is -2.17. The van der Waals surface area contributed by atoms with Gasteiger partial charge in [0.25, 0.3) is 0 Å². The smallest absolute Gasteiger partial charge is 0.271 e. The highest BCUT2D eigenvalue weighted by molar-refractivity contribution is 6.12. The Morgan fingerprint density at radius 1 is 0.871 bits per heavy atom. The van der Waals surface area contributed by atoms with E-state index in [1.54, 1.807) is 12.3 Å². The van der Waals surface area contributed by atoms with E-state index in [-0.39, 0.29) is 16.9 Å². The van der Waals surface area contributed by atoms with E-state index < -0.39 is 17.6 Å². The number of alkyl halides is 2. The lowest BCUT2D eigenvalue weighted by molar-refractivity contribution is -0.140. The first-order valence-electron chi connectivity index (χ1n) is 9.61. The minimum Gasteiger partial charge on any atom is -0.271 e. The van der Waals surface area contributed by atoms with Crippen LogP contribution in [0.25, 0.3) is 16.9 Å². The molecule has 3 aromatic carbocycles. The third kappa shape index (κ3) is 3.01. The summed E-state index contributed by atoms with van der Waals surface area (Å²) in [5.74, 6) is -5.43. The Balaban J connectivity index is 1.73. The number of carbonyl (C=O) groups is 1. The molecule has 4 aromatic rings. The standard InChI is InChI=1S/C24H16F3N3O/c1-15-6-12-18(13-7-15)29-14-21(22(28-29)16-8-10-17(25)11-9-16)30-20-5-3-2-4-19(20)24(26,27)23(30)31/h2-14H,1H3. The summed E-state index contributed by atoms with van der Waals surface area (Å²) >= 11 is 0. The molecule has 5 rings (SSSR count). The first-order valence-corrected chi connectivity index (χ1v) is 9.61. The summed E-state index contributed by atoms with van der Waals surface area (Å²) in [7, 11) is 0. The van der Waals surface area contributed by atoms with Crippen molar-refractivity contribution in [1.82, 2.24) is 9.78 Å². The number of halogens is 3. The van der Waals surface area contributed by atoms with Gasteiger partial charge in [0, 0.05) is 5.56 Å². The fraction of sp³-hybridized carbons (Fsp3) is 0.0833. The Labute approximate surface area is 176 Å². The van der Waals surface area contributed by atoms with Gasteiger partial charge in [-0.2, -0.15) is 13.9 Å². The van der Waals surface area contributed by atoms with Gasteiger partial charge >= 0.3 is 11.8 Å². The van der Waals surface area contributed by atoms with Gasteiger partial charge in [0.05, 0.1) is 28.8 Å². The molecule has 0 saturated carbocycles. The third-order valence-corrected chi connectivity index (χ3v) is 5.31. The van der Waals surface area contributed by atoms with Crippen molar-refractivity contribution in [2.45, 2.75) is 12.8 Å². The topological polar surface area (TPSA) is 38.1 Å². The Kier molecular flexibility index (Phi) is 4.22. The van der Waals surface area contributed by atoms with Crippen molar-refractivity contribution in [3.05, 3.63) is 95.9 Å². The Bertz CT molecular complexity index is 1290. The van der Waals surface area contributed by atoms with Gasteiger partial charge < -0.3 is 0 Å². The maximum Gasteiger partial charge on any atom is 0.352 e. The number of hydrogen-bond donors (Lipinski definition) is 0. The Morgan fingerprint density at radius 2 is 1.55 bits per heavy atom. The second-order valence-electron chi connectivity index (χ2n) is 7.38. The monoisotopic (exact) mass is 419 g/mol. The molecule has 0 unspecified atom stereocenters. The van der Waals surface area contributed by atoms with Crippen LogP contribution in [0.1, 0.15) is 11.1 Å². The zero-order chi connectivity index (χ0) is 21.8. The summed E-state index contributed by atoms with van der Waals surface area (Å²) in [5.41, 5.74) is 2.49. The van der Waals surface area contributed by atoms with E-state index in [9.17, 15) is 18.0 Å². The minimum absolute atomic E-state index is 0.101. The van der Waals surface area contributed by atoms with Crippen LogP contribution in [0.3, 0.4) is 0 Å². The molecule has 4 nitrogen and oxygen atoms in total. The molecule has 0 saturated heterocycles.